The van der Waals surface area contributed by atoms with Crippen molar-refractivity contribution < 1.29 is 30.4 Å². The van der Waals surface area contributed by atoms with Crippen LogP contribution in [0.5, 0.6) is 5.75 Å². The van der Waals surface area contributed by atoms with Gasteiger partial charge in [0.05, 0.1) is 18.5 Å². The highest BCUT2D eigenvalue weighted by atomic mass is 19.1. The van der Waals surface area contributed by atoms with Crippen molar-refractivity contribution >= 4 is 23.2 Å². The Bertz CT molecular complexity index is 1670. The lowest BCUT2D eigenvalue weighted by Gasteiger charge is -2.27. The number of para-hydroxylation sites is 2. The Morgan fingerprint density at radius 3 is 2.18 bits per heavy atom. The molecule has 0 fully saturated rings. The number of anilines is 1. The monoisotopic (exact) mass is 528 g/mol. The number of hydrogen-bond donors (Lipinski definition) is 1. The summed E-state index contributed by atoms with van der Waals surface area (Å²) >= 11 is 0. The lowest BCUT2D eigenvalue weighted by atomic mass is 9.75. The molecule has 4 rings (SSSR count). The summed E-state index contributed by atoms with van der Waals surface area (Å²) in [6.45, 7) is 3.23. The van der Waals surface area contributed by atoms with E-state index in [4.69, 9.17) is 11.6 Å². The third kappa shape index (κ3) is 6.85. The Morgan fingerprint density at radius 2 is 1.51 bits per heavy atom. The number of nitrogens with one attached hydrogen (secondary N) is 1. The summed E-state index contributed by atoms with van der Waals surface area (Å²) in [5, 5.41) is 2.68. The number of carbonyl (C=O) groups is 3. The zero-order valence-electron chi connectivity index (χ0n) is 26.5. The highest BCUT2D eigenvalue weighted by Crippen LogP contribution is 2.34. The zero-order chi connectivity index (χ0) is 32.1. The fraction of sp³-hybridized carbons (Fsp3) is 0.182. The summed E-state index contributed by atoms with van der Waals surface area (Å²) in [5.41, 5.74) is 0.453. The van der Waals surface area contributed by atoms with E-state index in [-0.39, 0.29) is 23.6 Å². The van der Waals surface area contributed by atoms with Gasteiger partial charge in [0, 0.05) is 11.5 Å². The number of halogens is 1. The number of carbonyl (C=O) groups excluding carboxylic acids is 3. The second-order valence-corrected chi connectivity index (χ2v) is 9.18. The summed E-state index contributed by atoms with van der Waals surface area (Å²) in [5.74, 6) is -7.32. The summed E-state index contributed by atoms with van der Waals surface area (Å²) in [7, 11) is 0. The molecule has 1 N–H and O–H groups in total. The van der Waals surface area contributed by atoms with Crippen molar-refractivity contribution in [3.05, 3.63) is 132 Å². The minimum Gasteiger partial charge on any atom is -0.487 e. The molecule has 0 aromatic heterocycles. The van der Waals surface area contributed by atoms with Crippen LogP contribution in [0.25, 0.3) is 0 Å². The van der Waals surface area contributed by atoms with E-state index in [1.807, 2.05) is 30.3 Å². The third-order valence-electron chi connectivity index (χ3n) is 6.12. The van der Waals surface area contributed by atoms with Crippen molar-refractivity contribution in [2.75, 3.05) is 5.32 Å². The highest BCUT2D eigenvalue weighted by Gasteiger charge is 2.41. The number of hydrogen-bond acceptors (Lipinski definition) is 4. The Hall–Kier alpha value is -4.58. The molecule has 0 saturated heterocycles. The molecule has 1 amide bonds. The average Bonchev–Trinajstić information content (AvgIpc) is 3.02. The first-order chi connectivity index (χ1) is 20.9. The smallest absolute Gasteiger partial charge is 0.236 e. The Morgan fingerprint density at radius 1 is 0.872 bits per heavy atom. The molecule has 0 spiro atoms. The van der Waals surface area contributed by atoms with E-state index in [2.05, 4.69) is 5.32 Å². The first kappa shape index (κ1) is 21.4. The fourth-order valence-corrected chi connectivity index (χ4v) is 4.10. The van der Waals surface area contributed by atoms with Crippen LogP contribution in [0, 0.1) is 17.7 Å². The molecular formula is C33H30FNO4. The standard InChI is InChI=1S/C33H30FNO4/c1-22(2)31(36)30(29(24-13-7-4-8-14-24)32(37)25-17-19-26(34)20-18-25)33(38)35-27-15-9-10-16-28(27)39-21-23-11-5-3-6-12-23/h3-20,22,29-30H,21H2,1-2H3,(H,35,38)/i4D,7D,8D,13D,14D. The highest BCUT2D eigenvalue weighted by molar-refractivity contribution is 6.15. The van der Waals surface area contributed by atoms with Crippen LogP contribution < -0.4 is 10.1 Å². The first-order valence-electron chi connectivity index (χ1n) is 14.9. The summed E-state index contributed by atoms with van der Waals surface area (Å²) in [6.07, 6.45) is 0. The van der Waals surface area contributed by atoms with Crippen LogP contribution in [0.3, 0.4) is 0 Å². The predicted molar refractivity (Wildman–Crippen MR) is 149 cm³/mol. The van der Waals surface area contributed by atoms with Crippen molar-refractivity contribution in [2.24, 2.45) is 11.8 Å². The van der Waals surface area contributed by atoms with Gasteiger partial charge < -0.3 is 10.1 Å². The second kappa shape index (κ2) is 12.8. The molecule has 2 atom stereocenters. The normalized spacial score (nSPS) is 14.2. The van der Waals surface area contributed by atoms with E-state index in [1.165, 1.54) is 13.8 Å². The molecule has 0 saturated carbocycles. The van der Waals surface area contributed by atoms with Gasteiger partial charge in [-0.2, -0.15) is 0 Å². The molecule has 0 aliphatic carbocycles. The van der Waals surface area contributed by atoms with E-state index >= 15 is 0 Å². The largest absolute Gasteiger partial charge is 0.487 e. The van der Waals surface area contributed by atoms with Crippen LogP contribution in [-0.4, -0.2) is 17.5 Å². The molecule has 4 aromatic rings. The predicted octanol–water partition coefficient (Wildman–Crippen LogP) is 6.85. The van der Waals surface area contributed by atoms with Crippen molar-refractivity contribution in [1.82, 2.24) is 0 Å². The van der Waals surface area contributed by atoms with Gasteiger partial charge in [-0.05, 0) is 47.5 Å². The number of rotatable bonds is 11. The molecule has 39 heavy (non-hydrogen) atoms. The molecule has 4 aromatic carbocycles. The van der Waals surface area contributed by atoms with Crippen LogP contribution in [0.4, 0.5) is 10.1 Å². The lowest BCUT2D eigenvalue weighted by molar-refractivity contribution is -0.133. The van der Waals surface area contributed by atoms with Crippen molar-refractivity contribution in [3.63, 3.8) is 0 Å². The number of ether oxygens (including phenoxy) is 1. The SMILES string of the molecule is [2H]c1c([2H])c([2H])c(C(C(=O)c2ccc(F)cc2)C(C(=O)Nc2ccccc2OCc2ccccc2)C(=O)C(C)C)c([2H])c1[2H]. The van der Waals surface area contributed by atoms with Gasteiger partial charge in [0.2, 0.25) is 5.91 Å². The van der Waals surface area contributed by atoms with Crippen molar-refractivity contribution in [2.45, 2.75) is 26.4 Å². The van der Waals surface area contributed by atoms with Crippen molar-refractivity contribution in [3.8, 4) is 5.75 Å². The molecule has 5 nitrogen and oxygen atoms in total. The summed E-state index contributed by atoms with van der Waals surface area (Å²) < 4.78 is 61.3. The number of Topliss-reactive ketones (excluding diaryl/α,β-unsaturated/α-hetero) is 2. The topological polar surface area (TPSA) is 72.5 Å². The second-order valence-electron chi connectivity index (χ2n) is 9.18. The zero-order valence-corrected chi connectivity index (χ0v) is 21.5. The van der Waals surface area contributed by atoms with Gasteiger partial charge in [0.1, 0.15) is 29.9 Å². The molecule has 0 aliphatic heterocycles. The summed E-state index contributed by atoms with van der Waals surface area (Å²) in [4.78, 5) is 42.0. The van der Waals surface area contributed by atoms with Crippen LogP contribution in [0.2, 0.25) is 0 Å². The average molecular weight is 529 g/mol. The quantitative estimate of drug-likeness (QED) is 0.171. The van der Waals surface area contributed by atoms with Crippen LogP contribution >= 0.6 is 0 Å². The maximum absolute atomic E-state index is 14.1. The maximum atomic E-state index is 14.1. The molecule has 0 radical (unpaired) electrons. The van der Waals surface area contributed by atoms with Gasteiger partial charge in [-0.1, -0.05) is 86.5 Å². The Balaban J connectivity index is 1.84. The van der Waals surface area contributed by atoms with Gasteiger partial charge in [-0.15, -0.1) is 0 Å². The van der Waals surface area contributed by atoms with Gasteiger partial charge in [0.25, 0.3) is 0 Å². The van der Waals surface area contributed by atoms with Crippen LogP contribution in [0.1, 0.15) is 48.1 Å². The van der Waals surface area contributed by atoms with E-state index in [9.17, 15) is 18.8 Å². The van der Waals surface area contributed by atoms with Gasteiger partial charge in [-0.3, -0.25) is 14.4 Å². The molecule has 0 heterocycles. The van der Waals surface area contributed by atoms with Gasteiger partial charge in [0.15, 0.2) is 5.78 Å². The molecule has 2 unspecified atom stereocenters. The Labute approximate surface area is 234 Å². The minimum absolute atomic E-state index is 0.107. The third-order valence-corrected chi connectivity index (χ3v) is 6.12. The molecule has 198 valence electrons. The van der Waals surface area contributed by atoms with Crippen LogP contribution in [-0.2, 0) is 16.2 Å². The number of ketones is 2. The van der Waals surface area contributed by atoms with Crippen LogP contribution in [0.15, 0.2) is 109 Å². The molecular weight excluding hydrogens is 493 g/mol. The van der Waals surface area contributed by atoms with E-state index in [1.54, 1.807) is 24.3 Å². The molecule has 0 aliphatic rings. The lowest BCUT2D eigenvalue weighted by Crippen LogP contribution is -2.40. The van der Waals surface area contributed by atoms with Crippen molar-refractivity contribution in [1.29, 1.82) is 0 Å². The van der Waals surface area contributed by atoms with E-state index in [0.717, 1.165) is 29.8 Å². The number of benzene rings is 4. The first-order valence-corrected chi connectivity index (χ1v) is 12.4. The minimum atomic E-state index is -1.83. The summed E-state index contributed by atoms with van der Waals surface area (Å²) in [6, 6.07) is 16.6. The van der Waals surface area contributed by atoms with Gasteiger partial charge in [-0.25, -0.2) is 4.39 Å². The van der Waals surface area contributed by atoms with E-state index < -0.39 is 76.8 Å². The van der Waals surface area contributed by atoms with Gasteiger partial charge >= 0.3 is 0 Å². The molecule has 0 bridgehead atoms. The van der Waals surface area contributed by atoms with E-state index in [0.29, 0.717) is 0 Å². The Kier molecular flexibility index (Phi) is 7.00. The molecule has 6 heteroatoms. The maximum Gasteiger partial charge on any atom is 0.236 e. The fourth-order valence-electron chi connectivity index (χ4n) is 4.10. The number of amides is 1.